The zero-order valence-electron chi connectivity index (χ0n) is 18.0. The first kappa shape index (κ1) is 22.1. The summed E-state index contributed by atoms with van der Waals surface area (Å²) in [5.41, 5.74) is 1.03. The summed E-state index contributed by atoms with van der Waals surface area (Å²) in [6.07, 6.45) is 7.77. The van der Waals surface area contributed by atoms with Gasteiger partial charge in [-0.05, 0) is 23.8 Å². The molecule has 0 saturated carbocycles. The van der Waals surface area contributed by atoms with E-state index < -0.39 is 11.4 Å². The van der Waals surface area contributed by atoms with Gasteiger partial charge in [-0.25, -0.2) is 14.2 Å². The topological polar surface area (TPSA) is 116 Å². The second-order valence-electron chi connectivity index (χ2n) is 7.54. The highest BCUT2D eigenvalue weighted by Gasteiger charge is 2.22. The summed E-state index contributed by atoms with van der Waals surface area (Å²) in [7, 11) is 0. The van der Waals surface area contributed by atoms with Crippen LogP contribution in [0.5, 0.6) is 0 Å². The maximum absolute atomic E-state index is 14.9. The summed E-state index contributed by atoms with van der Waals surface area (Å²) in [5.74, 6) is -0.859. The molecule has 1 saturated heterocycles. The number of imidazole rings is 1. The maximum Gasteiger partial charge on any atom is 0.365 e. The minimum Gasteiger partial charge on any atom is -0.366 e. The molecule has 0 bridgehead atoms. The van der Waals surface area contributed by atoms with Crippen LogP contribution in [-0.4, -0.2) is 57.6 Å². The summed E-state index contributed by atoms with van der Waals surface area (Å²) < 4.78 is 21.1. The van der Waals surface area contributed by atoms with E-state index in [1.54, 1.807) is 29.3 Å². The Hall–Kier alpha value is -4.15. The number of aromatic amines is 1. The number of aromatic nitrogens is 3. The fourth-order valence-corrected chi connectivity index (χ4v) is 3.56. The molecule has 2 amide bonds. The molecular formula is C22H23FN6O4. The Morgan fingerprint density at radius 2 is 2.06 bits per heavy atom. The normalized spacial score (nSPS) is 14.1. The molecule has 172 valence electrons. The molecule has 0 atom stereocenters. The van der Waals surface area contributed by atoms with Gasteiger partial charge in [-0.15, -0.1) is 0 Å². The molecule has 3 heterocycles. The Morgan fingerprint density at radius 1 is 1.27 bits per heavy atom. The van der Waals surface area contributed by atoms with Crippen molar-refractivity contribution in [3.8, 4) is 11.1 Å². The third-order valence-electron chi connectivity index (χ3n) is 5.28. The number of rotatable bonds is 6. The van der Waals surface area contributed by atoms with Gasteiger partial charge in [0.05, 0.1) is 29.5 Å². The lowest BCUT2D eigenvalue weighted by molar-refractivity contribution is -0.126. The molecule has 10 nitrogen and oxygen atoms in total. The predicted octanol–water partition coefficient (Wildman–Crippen LogP) is 1.43. The van der Waals surface area contributed by atoms with Crippen molar-refractivity contribution in [3.63, 3.8) is 0 Å². The number of hydrogen-bond acceptors (Lipinski definition) is 6. The van der Waals surface area contributed by atoms with E-state index in [4.69, 9.17) is 4.52 Å². The van der Waals surface area contributed by atoms with Crippen molar-refractivity contribution in [1.29, 1.82) is 0 Å². The molecular weight excluding hydrogens is 431 g/mol. The van der Waals surface area contributed by atoms with Crippen LogP contribution in [0.15, 0.2) is 52.3 Å². The number of benzene rings is 1. The SMILES string of the molecule is CC(=O)NCn1cc(-c2ccc(N3CCN(C(=O)C=Cc4c[nH]cn4)CC3)c(F)c2)c(=O)o1. The minimum atomic E-state index is -0.623. The van der Waals surface area contributed by atoms with Gasteiger partial charge in [0, 0.05) is 45.4 Å². The molecule has 1 aromatic carbocycles. The second-order valence-corrected chi connectivity index (χ2v) is 7.54. The van der Waals surface area contributed by atoms with Gasteiger partial charge in [0.2, 0.25) is 11.8 Å². The molecule has 33 heavy (non-hydrogen) atoms. The third-order valence-corrected chi connectivity index (χ3v) is 5.28. The lowest BCUT2D eigenvalue weighted by atomic mass is 10.1. The highest BCUT2D eigenvalue weighted by Crippen LogP contribution is 2.26. The number of H-pyrrole nitrogens is 1. The van der Waals surface area contributed by atoms with E-state index in [9.17, 15) is 18.8 Å². The number of nitrogens with one attached hydrogen (secondary N) is 2. The fraction of sp³-hybridized carbons (Fsp3) is 0.273. The van der Waals surface area contributed by atoms with Crippen molar-refractivity contribution in [2.75, 3.05) is 31.1 Å². The summed E-state index contributed by atoms with van der Waals surface area (Å²) in [4.78, 5) is 46.0. The van der Waals surface area contributed by atoms with Crippen LogP contribution in [0, 0.1) is 5.82 Å². The number of nitrogens with zero attached hydrogens (tertiary/aromatic N) is 4. The van der Waals surface area contributed by atoms with Crippen LogP contribution in [0.25, 0.3) is 17.2 Å². The average molecular weight is 454 g/mol. The van der Waals surface area contributed by atoms with Crippen LogP contribution in [0.4, 0.5) is 10.1 Å². The largest absolute Gasteiger partial charge is 0.366 e. The number of anilines is 1. The molecule has 2 N–H and O–H groups in total. The summed E-state index contributed by atoms with van der Waals surface area (Å²) in [5, 5.41) is 2.52. The quantitative estimate of drug-likeness (QED) is 0.545. The molecule has 4 rings (SSSR count). The Morgan fingerprint density at radius 3 is 2.73 bits per heavy atom. The molecule has 1 fully saturated rings. The van der Waals surface area contributed by atoms with E-state index in [-0.39, 0.29) is 24.0 Å². The molecule has 0 spiro atoms. The van der Waals surface area contributed by atoms with Gasteiger partial charge in [-0.1, -0.05) is 6.07 Å². The molecule has 0 aliphatic carbocycles. The Labute approximate surface area is 188 Å². The van der Waals surface area contributed by atoms with E-state index in [1.807, 2.05) is 4.90 Å². The van der Waals surface area contributed by atoms with Crippen LogP contribution in [0.3, 0.4) is 0 Å². The van der Waals surface area contributed by atoms with Crippen molar-refractivity contribution in [3.05, 3.63) is 64.9 Å². The molecule has 1 aliphatic heterocycles. The molecule has 1 aliphatic rings. The Bertz CT molecular complexity index is 1220. The number of carbonyl (C=O) groups is 2. The van der Waals surface area contributed by atoms with Crippen LogP contribution in [0.2, 0.25) is 0 Å². The van der Waals surface area contributed by atoms with Crippen molar-refractivity contribution < 1.29 is 18.5 Å². The van der Waals surface area contributed by atoms with E-state index in [0.717, 1.165) is 0 Å². The van der Waals surface area contributed by atoms with Gasteiger partial charge in [-0.2, -0.15) is 4.74 Å². The fourth-order valence-electron chi connectivity index (χ4n) is 3.56. The van der Waals surface area contributed by atoms with Crippen LogP contribution in [-0.2, 0) is 16.3 Å². The summed E-state index contributed by atoms with van der Waals surface area (Å²) in [6.45, 7) is 3.23. The summed E-state index contributed by atoms with van der Waals surface area (Å²) in [6, 6.07) is 4.55. The first-order chi connectivity index (χ1) is 15.9. The van der Waals surface area contributed by atoms with Gasteiger partial charge in [0.25, 0.3) is 0 Å². The van der Waals surface area contributed by atoms with Gasteiger partial charge >= 0.3 is 5.63 Å². The monoisotopic (exact) mass is 454 g/mol. The van der Waals surface area contributed by atoms with Crippen molar-refractivity contribution >= 4 is 23.6 Å². The highest BCUT2D eigenvalue weighted by atomic mass is 19.1. The van der Waals surface area contributed by atoms with E-state index in [1.165, 1.54) is 36.3 Å². The van der Waals surface area contributed by atoms with E-state index in [2.05, 4.69) is 15.3 Å². The lowest BCUT2D eigenvalue weighted by Gasteiger charge is -2.35. The van der Waals surface area contributed by atoms with E-state index in [0.29, 0.717) is 43.1 Å². The number of carbonyl (C=O) groups excluding carboxylic acids is 2. The van der Waals surface area contributed by atoms with Gasteiger partial charge in [0.1, 0.15) is 12.5 Å². The zero-order chi connectivity index (χ0) is 23.4. The van der Waals surface area contributed by atoms with Crippen LogP contribution < -0.4 is 15.8 Å². The second kappa shape index (κ2) is 9.55. The van der Waals surface area contributed by atoms with E-state index >= 15 is 0 Å². The standard InChI is InChI=1S/C22H23FN6O4/c1-15(30)26-14-29-12-18(22(32)33-29)16-2-4-20(19(23)10-16)27-6-8-28(9-7-27)21(31)5-3-17-11-24-13-25-17/h2-5,10-13H,6-9,14H2,1H3,(H,24,25)(H,26,30). The number of piperazine rings is 1. The first-order valence-electron chi connectivity index (χ1n) is 10.4. The first-order valence-corrected chi connectivity index (χ1v) is 10.4. The minimum absolute atomic E-state index is 0.00499. The smallest absolute Gasteiger partial charge is 0.365 e. The summed E-state index contributed by atoms with van der Waals surface area (Å²) >= 11 is 0. The molecule has 0 unspecified atom stereocenters. The number of halogens is 1. The molecule has 3 aromatic rings. The third kappa shape index (κ3) is 5.20. The Balaban J connectivity index is 1.39. The van der Waals surface area contributed by atoms with Gasteiger partial charge in [0.15, 0.2) is 0 Å². The predicted molar refractivity (Wildman–Crippen MR) is 119 cm³/mol. The van der Waals surface area contributed by atoms with Crippen LogP contribution >= 0.6 is 0 Å². The molecule has 2 aromatic heterocycles. The lowest BCUT2D eigenvalue weighted by Crippen LogP contribution is -2.48. The molecule has 0 radical (unpaired) electrons. The maximum atomic E-state index is 14.9. The highest BCUT2D eigenvalue weighted by molar-refractivity contribution is 5.91. The van der Waals surface area contributed by atoms with Crippen LogP contribution in [0.1, 0.15) is 12.6 Å². The van der Waals surface area contributed by atoms with Gasteiger partial charge < -0.3 is 24.6 Å². The Kier molecular flexibility index (Phi) is 6.38. The number of amides is 2. The molecule has 11 heteroatoms. The van der Waals surface area contributed by atoms with Crippen molar-refractivity contribution in [2.24, 2.45) is 0 Å². The van der Waals surface area contributed by atoms with Crippen molar-refractivity contribution in [1.82, 2.24) is 24.9 Å². The average Bonchev–Trinajstić information content (AvgIpc) is 3.45. The zero-order valence-corrected chi connectivity index (χ0v) is 18.0. The van der Waals surface area contributed by atoms with Crippen molar-refractivity contribution in [2.45, 2.75) is 13.6 Å². The number of hydrogen-bond donors (Lipinski definition) is 2. The van der Waals surface area contributed by atoms with Gasteiger partial charge in [-0.3, -0.25) is 9.59 Å².